The van der Waals surface area contributed by atoms with E-state index in [2.05, 4.69) is 52.5 Å². The topological polar surface area (TPSA) is 94.6 Å². The Hall–Kier alpha value is -3.52. The van der Waals surface area contributed by atoms with Crippen LogP contribution in [-0.2, 0) is 4.79 Å². The zero-order chi connectivity index (χ0) is 29.9. The van der Waals surface area contributed by atoms with Crippen molar-refractivity contribution in [2.45, 2.75) is 84.3 Å². The highest BCUT2D eigenvalue weighted by atomic mass is 16.2. The van der Waals surface area contributed by atoms with E-state index < -0.39 is 0 Å². The largest absolute Gasteiger partial charge is 0.369 e. The number of nitrogens with one attached hydrogen (secondary N) is 2. The van der Waals surface area contributed by atoms with Crippen molar-refractivity contribution in [2.75, 3.05) is 32.1 Å². The Kier molecular flexibility index (Phi) is 9.32. The number of rotatable bonds is 9. The third-order valence-corrected chi connectivity index (χ3v) is 8.73. The second kappa shape index (κ2) is 12.6. The third-order valence-electron chi connectivity index (χ3n) is 8.73. The zero-order valence-electron chi connectivity index (χ0n) is 25.6. The van der Waals surface area contributed by atoms with Gasteiger partial charge in [0.05, 0.1) is 0 Å². The number of nitrogens with zero attached hydrogens (tertiary/aromatic N) is 3. The summed E-state index contributed by atoms with van der Waals surface area (Å²) in [6.07, 6.45) is 7.63. The summed E-state index contributed by atoms with van der Waals surface area (Å²) in [7, 11) is 4.31. The Balaban J connectivity index is 1.68. The van der Waals surface area contributed by atoms with Crippen LogP contribution >= 0.6 is 0 Å². The van der Waals surface area contributed by atoms with E-state index >= 15 is 0 Å². The highest BCUT2D eigenvalue weighted by Gasteiger charge is 2.31. The summed E-state index contributed by atoms with van der Waals surface area (Å²) in [5.41, 5.74) is 5.93. The van der Waals surface area contributed by atoms with Crippen molar-refractivity contribution in [2.24, 2.45) is 0 Å². The molecule has 0 atom stereocenters. The van der Waals surface area contributed by atoms with Crippen LogP contribution in [0.1, 0.15) is 86.2 Å². The summed E-state index contributed by atoms with van der Waals surface area (Å²) in [6.45, 7) is 11.2. The lowest BCUT2D eigenvalue weighted by molar-refractivity contribution is -0.119. The molecule has 1 aromatic carbocycles. The van der Waals surface area contributed by atoms with E-state index in [9.17, 15) is 14.4 Å². The molecule has 2 amide bonds. The molecule has 0 unspecified atom stereocenters. The first-order valence-corrected chi connectivity index (χ1v) is 14.7. The number of benzene rings is 1. The molecule has 1 aromatic heterocycles. The second-order valence-corrected chi connectivity index (χ2v) is 12.4. The van der Waals surface area contributed by atoms with Gasteiger partial charge in [0.25, 0.3) is 5.91 Å². The maximum Gasteiger partial charge on any atom is 0.251 e. The van der Waals surface area contributed by atoms with Gasteiger partial charge in [-0.05, 0) is 110 Å². The summed E-state index contributed by atoms with van der Waals surface area (Å²) in [5, 5.41) is 6.07. The first kappa shape index (κ1) is 30.4. The fourth-order valence-electron chi connectivity index (χ4n) is 6.44. The molecular formula is C33H45N5O3. The van der Waals surface area contributed by atoms with Gasteiger partial charge in [0.1, 0.15) is 5.69 Å². The summed E-state index contributed by atoms with van der Waals surface area (Å²) in [6, 6.07) is 8.59. The molecule has 0 radical (unpaired) electrons. The molecule has 1 aliphatic carbocycles. The van der Waals surface area contributed by atoms with Crippen molar-refractivity contribution < 1.29 is 14.4 Å². The summed E-state index contributed by atoms with van der Waals surface area (Å²) < 4.78 is 0. The molecule has 1 aliphatic heterocycles. The van der Waals surface area contributed by atoms with Crippen LogP contribution in [0.4, 0.5) is 5.69 Å². The number of aromatic nitrogens is 1. The Bertz CT molecular complexity index is 1320. The van der Waals surface area contributed by atoms with Gasteiger partial charge in [-0.1, -0.05) is 11.6 Å². The maximum absolute atomic E-state index is 13.7. The van der Waals surface area contributed by atoms with Crippen molar-refractivity contribution in [1.29, 1.82) is 0 Å². The maximum atomic E-state index is 13.7. The van der Waals surface area contributed by atoms with Crippen LogP contribution in [0.25, 0.3) is 11.1 Å². The number of hydrogen-bond donors (Lipinski definition) is 2. The SMILES string of the molecule is CCN(c1cc(-c2ccc(C=O)nc2)cc(C(=O)NCC2=C(C)CC(C)(C)NC2=O)c1C)C1CCC(N(C)C)CC1. The first-order chi connectivity index (χ1) is 19.4. The fraction of sp³-hybridized carbons (Fsp3) is 0.515. The molecule has 1 saturated carbocycles. The van der Waals surface area contributed by atoms with Gasteiger partial charge in [-0.25, -0.2) is 0 Å². The molecule has 0 saturated heterocycles. The number of carbonyl (C=O) groups is 3. The van der Waals surface area contributed by atoms with E-state index in [1.54, 1.807) is 12.3 Å². The predicted molar refractivity (Wildman–Crippen MR) is 164 cm³/mol. The highest BCUT2D eigenvalue weighted by molar-refractivity contribution is 6.01. The Labute approximate surface area is 244 Å². The number of hydrogen-bond acceptors (Lipinski definition) is 6. The van der Waals surface area contributed by atoms with Gasteiger partial charge in [-0.3, -0.25) is 19.4 Å². The van der Waals surface area contributed by atoms with Gasteiger partial charge >= 0.3 is 0 Å². The van der Waals surface area contributed by atoms with Crippen molar-refractivity contribution in [3.63, 3.8) is 0 Å². The number of carbonyl (C=O) groups excluding carboxylic acids is 3. The number of pyridine rings is 1. The first-order valence-electron chi connectivity index (χ1n) is 14.7. The van der Waals surface area contributed by atoms with Crippen LogP contribution < -0.4 is 15.5 Å². The van der Waals surface area contributed by atoms with E-state index in [0.717, 1.165) is 72.9 Å². The van der Waals surface area contributed by atoms with Crippen LogP contribution in [0.15, 0.2) is 41.6 Å². The molecule has 2 heterocycles. The number of aldehydes is 1. The lowest BCUT2D eigenvalue weighted by Crippen LogP contribution is -2.49. The van der Waals surface area contributed by atoms with Gasteiger partial charge < -0.3 is 20.4 Å². The standard InChI is InChI=1S/C33H45N5O3/c1-8-38(27-13-11-26(12-14-27)37(6)7)30-16-24(23-9-10-25(20-39)34-18-23)15-28(22(30)3)31(40)35-19-29-21(2)17-33(4,5)36-32(29)41/h9-10,15-16,18,20,26-27H,8,11-14,17,19H2,1-7H3,(H,35,40)(H,36,41). The van der Waals surface area contributed by atoms with Crippen molar-refractivity contribution >= 4 is 23.8 Å². The van der Waals surface area contributed by atoms with Gasteiger partial charge in [0, 0.05) is 59.3 Å². The van der Waals surface area contributed by atoms with E-state index in [-0.39, 0.29) is 23.9 Å². The molecule has 0 bridgehead atoms. The minimum Gasteiger partial charge on any atom is -0.369 e. The van der Waals surface area contributed by atoms with Crippen molar-refractivity contribution in [1.82, 2.24) is 20.5 Å². The molecule has 8 heteroatoms. The van der Waals surface area contributed by atoms with Crippen LogP contribution in [0.2, 0.25) is 0 Å². The normalized spacial score (nSPS) is 20.5. The van der Waals surface area contributed by atoms with Gasteiger partial charge in [-0.15, -0.1) is 0 Å². The van der Waals surface area contributed by atoms with Crippen LogP contribution in [0.3, 0.4) is 0 Å². The van der Waals surface area contributed by atoms with Gasteiger partial charge in [0.15, 0.2) is 6.29 Å². The Morgan fingerprint density at radius 3 is 2.34 bits per heavy atom. The summed E-state index contributed by atoms with van der Waals surface area (Å²) in [4.78, 5) is 46.8. The smallest absolute Gasteiger partial charge is 0.251 e. The van der Waals surface area contributed by atoms with E-state index in [0.29, 0.717) is 28.9 Å². The Morgan fingerprint density at radius 1 is 1.10 bits per heavy atom. The molecule has 1 fully saturated rings. The number of anilines is 1. The second-order valence-electron chi connectivity index (χ2n) is 12.4. The summed E-state index contributed by atoms with van der Waals surface area (Å²) >= 11 is 0. The molecule has 2 aromatic rings. The molecule has 220 valence electrons. The molecule has 2 N–H and O–H groups in total. The predicted octanol–water partition coefficient (Wildman–Crippen LogP) is 4.91. The Morgan fingerprint density at radius 2 is 1.78 bits per heavy atom. The molecule has 4 rings (SSSR count). The lowest BCUT2D eigenvalue weighted by atomic mass is 9.88. The average molecular weight is 560 g/mol. The number of amides is 2. The van der Waals surface area contributed by atoms with Crippen molar-refractivity contribution in [3.05, 3.63) is 58.4 Å². The molecule has 41 heavy (non-hydrogen) atoms. The fourth-order valence-corrected chi connectivity index (χ4v) is 6.44. The van der Waals surface area contributed by atoms with E-state index in [4.69, 9.17) is 0 Å². The lowest BCUT2D eigenvalue weighted by Gasteiger charge is -2.40. The minimum absolute atomic E-state index is 0.128. The van der Waals surface area contributed by atoms with Crippen LogP contribution in [0.5, 0.6) is 0 Å². The monoisotopic (exact) mass is 559 g/mol. The van der Waals surface area contributed by atoms with Gasteiger partial charge in [-0.2, -0.15) is 0 Å². The minimum atomic E-state index is -0.294. The third kappa shape index (κ3) is 6.87. The molecule has 2 aliphatic rings. The quantitative estimate of drug-likeness (QED) is 0.424. The van der Waals surface area contributed by atoms with Crippen LogP contribution in [0, 0.1) is 6.92 Å². The van der Waals surface area contributed by atoms with Crippen molar-refractivity contribution in [3.8, 4) is 11.1 Å². The molecular weight excluding hydrogens is 514 g/mol. The average Bonchev–Trinajstić information content (AvgIpc) is 2.93. The van der Waals surface area contributed by atoms with E-state index in [1.807, 2.05) is 39.8 Å². The summed E-state index contributed by atoms with van der Waals surface area (Å²) in [5.74, 6) is -0.342. The molecule has 8 nitrogen and oxygen atoms in total. The zero-order valence-corrected chi connectivity index (χ0v) is 25.6. The van der Waals surface area contributed by atoms with Crippen LogP contribution in [-0.4, -0.2) is 72.8 Å². The van der Waals surface area contributed by atoms with Gasteiger partial charge in [0.2, 0.25) is 5.91 Å². The van der Waals surface area contributed by atoms with E-state index in [1.165, 1.54) is 0 Å². The molecule has 0 spiro atoms. The highest BCUT2D eigenvalue weighted by Crippen LogP contribution is 2.35.